The molecule has 0 bridgehead atoms. The minimum atomic E-state index is -0.648. The Bertz CT molecular complexity index is 73.5. The molecule has 1 radical (unpaired) electrons. The fourth-order valence-corrected chi connectivity index (χ4v) is 35.1. The maximum atomic E-state index is 2.50. The van der Waals surface area contributed by atoms with Gasteiger partial charge in [0.15, 0.2) is 0 Å². The van der Waals surface area contributed by atoms with Crippen molar-refractivity contribution in [3.05, 3.63) is 0 Å². The summed E-state index contributed by atoms with van der Waals surface area (Å²) in [5.74, 6) is 0. The smallest absolute Gasteiger partial charge is 0.0291 e. The van der Waals surface area contributed by atoms with Gasteiger partial charge >= 0.3 is 0 Å². The first-order valence-corrected chi connectivity index (χ1v) is 14.2. The van der Waals surface area contributed by atoms with Gasteiger partial charge in [-0.25, -0.2) is 0 Å². The Morgan fingerprint density at radius 3 is 0.889 bits per heavy atom. The second kappa shape index (κ2) is 2.72. The van der Waals surface area contributed by atoms with Gasteiger partial charge in [0.05, 0.1) is 0 Å². The SMILES string of the molecule is C[Si](C)(C)[SiH][Si](C)(C)C. The molecule has 0 spiro atoms. The molecule has 0 unspecified atom stereocenters. The summed E-state index contributed by atoms with van der Waals surface area (Å²) >= 11 is 0. The molecular weight excluding hydrogens is 156 g/mol. The third-order valence-electron chi connectivity index (χ3n) is 0.866. The topological polar surface area (TPSA) is 0 Å². The van der Waals surface area contributed by atoms with E-state index in [-0.39, 0.29) is 0 Å². The van der Waals surface area contributed by atoms with Crippen LogP contribution in [0.5, 0.6) is 0 Å². The molecule has 0 aromatic heterocycles. The van der Waals surface area contributed by atoms with E-state index < -0.39 is 15.2 Å². The van der Waals surface area contributed by atoms with E-state index in [4.69, 9.17) is 0 Å². The highest BCUT2D eigenvalue weighted by Gasteiger charge is 2.24. The van der Waals surface area contributed by atoms with Crippen LogP contribution in [0, 0.1) is 0 Å². The Kier molecular flexibility index (Phi) is 2.91. The quantitative estimate of drug-likeness (QED) is 0.564. The number of hydrogen-bond donors (Lipinski definition) is 0. The molecule has 0 N–H and O–H groups in total. The van der Waals surface area contributed by atoms with Crippen LogP contribution in [0.3, 0.4) is 0 Å². The highest BCUT2D eigenvalue weighted by atomic mass is 29.6. The van der Waals surface area contributed by atoms with Crippen LogP contribution in [0.1, 0.15) is 0 Å². The summed E-state index contributed by atoms with van der Waals surface area (Å²) in [5, 5.41) is 0. The lowest BCUT2D eigenvalue weighted by atomic mass is 11.8. The van der Waals surface area contributed by atoms with Gasteiger partial charge in [0.1, 0.15) is 0 Å². The molecule has 0 aliphatic carbocycles. The van der Waals surface area contributed by atoms with Crippen molar-refractivity contribution in [3.63, 3.8) is 0 Å². The first-order chi connectivity index (χ1) is 3.71. The van der Waals surface area contributed by atoms with Crippen LogP contribution in [-0.2, 0) is 0 Å². The van der Waals surface area contributed by atoms with E-state index in [0.717, 1.165) is 8.55 Å². The molecule has 0 heterocycles. The van der Waals surface area contributed by atoms with E-state index in [2.05, 4.69) is 39.3 Å². The molecule has 0 aliphatic rings. The standard InChI is InChI=1S/C6H19Si3/c1-8(2,3)7-9(4,5)6/h7H,1-6H3. The predicted octanol–water partition coefficient (Wildman–Crippen LogP) is 2.09. The van der Waals surface area contributed by atoms with Crippen LogP contribution in [0.15, 0.2) is 0 Å². The summed E-state index contributed by atoms with van der Waals surface area (Å²) in [4.78, 5) is 0. The molecule has 0 amide bonds. The maximum Gasteiger partial charge on any atom is 0.0291 e. The number of hydrogen-bond acceptors (Lipinski definition) is 0. The van der Waals surface area contributed by atoms with Gasteiger partial charge in [-0.15, -0.1) is 0 Å². The fraction of sp³-hybridized carbons (Fsp3) is 1.00. The zero-order chi connectivity index (χ0) is 7.71. The fourth-order valence-electron chi connectivity index (χ4n) is 1.30. The molecular formula is C6H19Si3. The molecule has 3 heteroatoms. The van der Waals surface area contributed by atoms with Crippen molar-refractivity contribution in [2.75, 3.05) is 0 Å². The molecule has 55 valence electrons. The molecule has 0 aromatic rings. The first-order valence-electron chi connectivity index (χ1n) is 3.58. The molecule has 0 saturated heterocycles. The normalized spacial score (nSPS) is 14.0. The highest BCUT2D eigenvalue weighted by molar-refractivity contribution is 7.52. The predicted molar refractivity (Wildman–Crippen MR) is 53.8 cm³/mol. The summed E-state index contributed by atoms with van der Waals surface area (Å²) in [6.45, 7) is 15.0. The van der Waals surface area contributed by atoms with Crippen molar-refractivity contribution in [1.82, 2.24) is 0 Å². The van der Waals surface area contributed by atoms with Gasteiger partial charge in [-0.3, -0.25) is 0 Å². The molecule has 0 aromatic carbocycles. The Hall–Kier alpha value is 0.651. The average molecular weight is 175 g/mol. The van der Waals surface area contributed by atoms with Crippen molar-refractivity contribution < 1.29 is 0 Å². The lowest BCUT2D eigenvalue weighted by Crippen LogP contribution is -2.46. The van der Waals surface area contributed by atoms with Crippen molar-refractivity contribution in [2.24, 2.45) is 0 Å². The van der Waals surface area contributed by atoms with E-state index in [9.17, 15) is 0 Å². The van der Waals surface area contributed by atoms with E-state index in [1.807, 2.05) is 0 Å². The monoisotopic (exact) mass is 175 g/mol. The van der Waals surface area contributed by atoms with Gasteiger partial charge in [0, 0.05) is 23.7 Å². The van der Waals surface area contributed by atoms with E-state index >= 15 is 0 Å². The van der Waals surface area contributed by atoms with E-state index in [1.54, 1.807) is 0 Å². The van der Waals surface area contributed by atoms with Crippen molar-refractivity contribution in [1.29, 1.82) is 0 Å². The maximum absolute atomic E-state index is 2.50. The Labute approximate surface area is 63.5 Å². The minimum Gasteiger partial charge on any atom is -0.0721 e. The van der Waals surface area contributed by atoms with Crippen molar-refractivity contribution >= 4 is 23.7 Å². The van der Waals surface area contributed by atoms with E-state index in [1.165, 1.54) is 0 Å². The largest absolute Gasteiger partial charge is 0.0721 e. The molecule has 0 aliphatic heterocycles. The third-order valence-corrected chi connectivity index (χ3v) is 23.4. The van der Waals surface area contributed by atoms with E-state index in [0.29, 0.717) is 0 Å². The molecule has 9 heavy (non-hydrogen) atoms. The Morgan fingerprint density at radius 2 is 0.889 bits per heavy atom. The van der Waals surface area contributed by atoms with Crippen LogP contribution in [-0.4, -0.2) is 23.7 Å². The van der Waals surface area contributed by atoms with Crippen LogP contribution in [0.4, 0.5) is 0 Å². The summed E-state index contributed by atoms with van der Waals surface area (Å²) < 4.78 is 0. The second-order valence-corrected chi connectivity index (χ2v) is 28.5. The molecule has 0 fully saturated rings. The zero-order valence-corrected chi connectivity index (χ0v) is 10.7. The molecule has 0 rings (SSSR count). The Balaban J connectivity index is 3.75. The first kappa shape index (κ1) is 9.65. The van der Waals surface area contributed by atoms with Gasteiger partial charge in [0.2, 0.25) is 0 Å². The Morgan fingerprint density at radius 1 is 0.667 bits per heavy atom. The van der Waals surface area contributed by atoms with Gasteiger partial charge in [0.25, 0.3) is 0 Å². The van der Waals surface area contributed by atoms with Crippen LogP contribution < -0.4 is 0 Å². The highest BCUT2D eigenvalue weighted by Crippen LogP contribution is 2.07. The van der Waals surface area contributed by atoms with Crippen LogP contribution in [0.25, 0.3) is 0 Å². The summed E-state index contributed by atoms with van der Waals surface area (Å²) in [6.07, 6.45) is 0. The van der Waals surface area contributed by atoms with Gasteiger partial charge < -0.3 is 0 Å². The number of rotatable bonds is 2. The average Bonchev–Trinajstić information content (AvgIpc) is 1.14. The van der Waals surface area contributed by atoms with Crippen molar-refractivity contribution in [2.45, 2.75) is 39.3 Å². The summed E-state index contributed by atoms with van der Waals surface area (Å²) in [7, 11) is -0.448. The van der Waals surface area contributed by atoms with Gasteiger partial charge in [-0.1, -0.05) is 39.3 Å². The van der Waals surface area contributed by atoms with Crippen LogP contribution >= 0.6 is 0 Å². The zero-order valence-electron chi connectivity index (χ0n) is 7.58. The second-order valence-electron chi connectivity index (χ2n) is 4.88. The third kappa shape index (κ3) is 8.65. The summed E-state index contributed by atoms with van der Waals surface area (Å²) in [6, 6.07) is 0. The van der Waals surface area contributed by atoms with Gasteiger partial charge in [-0.2, -0.15) is 0 Å². The van der Waals surface area contributed by atoms with Crippen LogP contribution in [0.2, 0.25) is 39.3 Å². The lowest BCUT2D eigenvalue weighted by Gasteiger charge is -2.24. The molecule has 0 saturated carbocycles. The summed E-state index contributed by atoms with van der Waals surface area (Å²) in [5.41, 5.74) is 0. The minimum absolute atomic E-state index is 0.648. The van der Waals surface area contributed by atoms with Gasteiger partial charge in [-0.05, 0) is 0 Å². The van der Waals surface area contributed by atoms with Crippen molar-refractivity contribution in [3.8, 4) is 0 Å². The molecule has 0 atom stereocenters. The lowest BCUT2D eigenvalue weighted by molar-refractivity contribution is 1.82. The molecule has 0 nitrogen and oxygen atoms in total.